The molecule has 0 unspecified atom stereocenters. The van der Waals surface area contributed by atoms with E-state index < -0.39 is 17.8 Å². The van der Waals surface area contributed by atoms with E-state index in [-0.39, 0.29) is 52.7 Å². The number of rotatable bonds is 4. The van der Waals surface area contributed by atoms with Gasteiger partial charge in [0.1, 0.15) is 0 Å². The summed E-state index contributed by atoms with van der Waals surface area (Å²) in [5.74, 6) is -0.490. The van der Waals surface area contributed by atoms with Gasteiger partial charge in [-0.25, -0.2) is 4.79 Å². The van der Waals surface area contributed by atoms with Gasteiger partial charge in [-0.15, -0.1) is 0 Å². The predicted octanol–water partition coefficient (Wildman–Crippen LogP) is 2.20. The number of aromatic carboxylic acids is 1. The third-order valence-corrected chi connectivity index (χ3v) is 7.69. The Kier molecular flexibility index (Phi) is 6.92. The van der Waals surface area contributed by atoms with Gasteiger partial charge in [-0.3, -0.25) is 9.59 Å². The van der Waals surface area contributed by atoms with Gasteiger partial charge in [0.15, 0.2) is 0 Å². The SMILES string of the molecule is O=C(Nc1ccc(C23CC4CC(CC(C4)C2)C3)cc1)C(=O)Nc1ccc(Cl)cc1C(=O)O.[H-].[Na+]. The Labute approximate surface area is 221 Å². The van der Waals surface area contributed by atoms with Gasteiger partial charge < -0.3 is 17.2 Å². The van der Waals surface area contributed by atoms with Crippen molar-refractivity contribution in [2.24, 2.45) is 17.8 Å². The summed E-state index contributed by atoms with van der Waals surface area (Å²) in [7, 11) is 0. The smallest absolute Gasteiger partial charge is 1.00 e. The number of carboxylic acids is 1. The van der Waals surface area contributed by atoms with Crippen molar-refractivity contribution in [3.05, 3.63) is 58.6 Å². The third kappa shape index (κ3) is 4.85. The first-order chi connectivity index (χ1) is 15.3. The number of halogens is 1. The third-order valence-electron chi connectivity index (χ3n) is 7.46. The molecule has 4 saturated carbocycles. The Morgan fingerprint density at radius 1 is 0.879 bits per heavy atom. The van der Waals surface area contributed by atoms with Crippen LogP contribution in [0, 0.1) is 17.8 Å². The van der Waals surface area contributed by atoms with Crippen LogP contribution < -0.4 is 40.2 Å². The van der Waals surface area contributed by atoms with Crippen molar-refractivity contribution in [1.82, 2.24) is 0 Å². The van der Waals surface area contributed by atoms with Crippen LogP contribution in [0.15, 0.2) is 42.5 Å². The normalized spacial score (nSPS) is 26.9. The van der Waals surface area contributed by atoms with Crippen molar-refractivity contribution in [2.75, 3.05) is 10.6 Å². The summed E-state index contributed by atoms with van der Waals surface area (Å²) >= 11 is 5.82. The first-order valence-electron chi connectivity index (χ1n) is 11.1. The fourth-order valence-corrected chi connectivity index (χ4v) is 6.71. The Hall–Kier alpha value is -1.86. The number of amides is 2. The largest absolute Gasteiger partial charge is 1.00 e. The number of anilines is 2. The second-order valence-corrected chi connectivity index (χ2v) is 10.1. The first-order valence-corrected chi connectivity index (χ1v) is 11.4. The average molecular weight is 477 g/mol. The number of carbonyl (C=O) groups excluding carboxylic acids is 2. The maximum absolute atomic E-state index is 12.4. The molecular formula is C25H26ClN2NaO4. The molecule has 33 heavy (non-hydrogen) atoms. The maximum atomic E-state index is 12.4. The number of nitrogens with one attached hydrogen (secondary N) is 2. The molecule has 2 amide bonds. The summed E-state index contributed by atoms with van der Waals surface area (Å²) < 4.78 is 0. The molecule has 2 aromatic rings. The summed E-state index contributed by atoms with van der Waals surface area (Å²) in [4.78, 5) is 36.1. The van der Waals surface area contributed by atoms with Crippen molar-refractivity contribution in [3.8, 4) is 0 Å². The van der Waals surface area contributed by atoms with E-state index in [1.165, 1.54) is 62.3 Å². The number of hydrogen-bond acceptors (Lipinski definition) is 3. The van der Waals surface area contributed by atoms with E-state index >= 15 is 0 Å². The van der Waals surface area contributed by atoms with Crippen LogP contribution >= 0.6 is 11.6 Å². The Morgan fingerprint density at radius 3 is 1.97 bits per heavy atom. The molecule has 4 aliphatic carbocycles. The van der Waals surface area contributed by atoms with Gasteiger partial charge in [-0.1, -0.05) is 23.7 Å². The van der Waals surface area contributed by atoms with Gasteiger partial charge in [0.25, 0.3) is 0 Å². The molecule has 0 radical (unpaired) electrons. The molecule has 0 aromatic heterocycles. The molecule has 0 aliphatic heterocycles. The minimum Gasteiger partial charge on any atom is -1.00 e. The predicted molar refractivity (Wildman–Crippen MR) is 123 cm³/mol. The minimum absolute atomic E-state index is 0. The zero-order valence-corrected chi connectivity index (χ0v) is 21.3. The zero-order chi connectivity index (χ0) is 22.5. The molecule has 0 atom stereocenters. The van der Waals surface area contributed by atoms with Gasteiger partial charge >= 0.3 is 47.3 Å². The minimum atomic E-state index is -1.25. The average Bonchev–Trinajstić information content (AvgIpc) is 2.74. The van der Waals surface area contributed by atoms with Crippen LogP contribution in [0.5, 0.6) is 0 Å². The van der Waals surface area contributed by atoms with Crippen molar-refractivity contribution < 1.29 is 50.5 Å². The summed E-state index contributed by atoms with van der Waals surface area (Å²) in [5, 5.41) is 14.5. The quantitative estimate of drug-likeness (QED) is 0.465. The number of benzene rings is 2. The Morgan fingerprint density at radius 2 is 1.42 bits per heavy atom. The molecule has 0 heterocycles. The standard InChI is InChI=1S/C25H25ClN2O4.Na.H/c26-18-3-6-21(20(10-18)24(31)32)28-23(30)22(29)27-19-4-1-17(2-5-19)25-11-14-7-15(12-25)9-16(8-14)13-25;;/h1-6,10,14-16H,7-9,11-13H2,(H,27,29)(H,28,30)(H,31,32);;/q;+1;-1. The van der Waals surface area contributed by atoms with Crippen LogP contribution in [0.2, 0.25) is 5.02 Å². The maximum Gasteiger partial charge on any atom is 1.00 e. The molecule has 8 heteroatoms. The summed E-state index contributed by atoms with van der Waals surface area (Å²) in [6.07, 6.45) is 7.96. The van der Waals surface area contributed by atoms with Crippen LogP contribution in [-0.2, 0) is 15.0 Å². The zero-order valence-electron chi connectivity index (χ0n) is 19.6. The van der Waals surface area contributed by atoms with E-state index in [1.54, 1.807) is 0 Å². The molecule has 4 bridgehead atoms. The molecule has 2 aromatic carbocycles. The van der Waals surface area contributed by atoms with Gasteiger partial charge in [-0.2, -0.15) is 0 Å². The van der Waals surface area contributed by atoms with Crippen molar-refractivity contribution >= 4 is 40.8 Å². The van der Waals surface area contributed by atoms with Crippen molar-refractivity contribution in [2.45, 2.75) is 43.9 Å². The van der Waals surface area contributed by atoms with E-state index in [2.05, 4.69) is 22.8 Å². The molecule has 0 saturated heterocycles. The molecule has 6 nitrogen and oxygen atoms in total. The van der Waals surface area contributed by atoms with E-state index in [1.807, 2.05) is 12.1 Å². The molecular weight excluding hydrogens is 451 g/mol. The fourth-order valence-electron chi connectivity index (χ4n) is 6.54. The second-order valence-electron chi connectivity index (χ2n) is 9.68. The van der Waals surface area contributed by atoms with E-state index in [4.69, 9.17) is 11.6 Å². The van der Waals surface area contributed by atoms with Crippen LogP contribution in [0.4, 0.5) is 11.4 Å². The second kappa shape index (κ2) is 9.41. The van der Waals surface area contributed by atoms with Crippen molar-refractivity contribution in [3.63, 3.8) is 0 Å². The molecule has 6 rings (SSSR count). The van der Waals surface area contributed by atoms with Crippen LogP contribution in [-0.4, -0.2) is 22.9 Å². The van der Waals surface area contributed by atoms with E-state index in [0.717, 1.165) is 17.8 Å². The molecule has 4 fully saturated rings. The Bertz CT molecular complexity index is 1070. The van der Waals surface area contributed by atoms with Crippen LogP contribution in [0.3, 0.4) is 0 Å². The summed E-state index contributed by atoms with van der Waals surface area (Å²) in [5.41, 5.74) is 1.98. The van der Waals surface area contributed by atoms with Gasteiger partial charge in [0, 0.05) is 10.7 Å². The number of carbonyl (C=O) groups is 3. The molecule has 168 valence electrons. The molecule has 0 spiro atoms. The number of hydrogen-bond donors (Lipinski definition) is 3. The topological polar surface area (TPSA) is 95.5 Å². The Balaban J connectivity index is 0.00000162. The van der Waals surface area contributed by atoms with E-state index in [0.29, 0.717) is 5.69 Å². The summed E-state index contributed by atoms with van der Waals surface area (Å²) in [6.45, 7) is 0. The summed E-state index contributed by atoms with van der Waals surface area (Å²) in [6, 6.07) is 11.9. The van der Waals surface area contributed by atoms with Crippen LogP contribution in [0.1, 0.15) is 55.9 Å². The monoisotopic (exact) mass is 476 g/mol. The van der Waals surface area contributed by atoms with Gasteiger partial charge in [0.2, 0.25) is 0 Å². The van der Waals surface area contributed by atoms with E-state index in [9.17, 15) is 19.5 Å². The van der Waals surface area contributed by atoms with Gasteiger partial charge in [-0.05, 0) is 97.6 Å². The molecule has 4 aliphatic rings. The van der Waals surface area contributed by atoms with Gasteiger partial charge in [0.05, 0.1) is 11.3 Å². The fraction of sp³-hybridized carbons (Fsp3) is 0.400. The first kappa shape index (κ1) is 24.3. The van der Waals surface area contributed by atoms with Crippen molar-refractivity contribution in [1.29, 1.82) is 0 Å². The number of carboxylic acid groups (broad SMARTS) is 1. The van der Waals surface area contributed by atoms with Crippen LogP contribution in [0.25, 0.3) is 0 Å². The molecule has 3 N–H and O–H groups in total.